The normalized spacial score (nSPS) is 19.1. The number of nitrogens with two attached hydrogens (primary N) is 1. The quantitative estimate of drug-likeness (QED) is 0.354. The van der Waals surface area contributed by atoms with Crippen molar-refractivity contribution in [3.05, 3.63) is 84.2 Å². The molecule has 2 aromatic carbocycles. The number of methoxy groups -OCH3 is 1. The van der Waals surface area contributed by atoms with Gasteiger partial charge in [0.25, 0.3) is 0 Å². The van der Waals surface area contributed by atoms with Gasteiger partial charge < -0.3 is 20.1 Å². The highest BCUT2D eigenvalue weighted by Crippen LogP contribution is 2.50. The van der Waals surface area contributed by atoms with Crippen molar-refractivity contribution in [2.75, 3.05) is 20.3 Å². The smallest absolute Gasteiger partial charge is 0.162 e. The molecular formula is C28H28Br2ClN3O3. The lowest BCUT2D eigenvalue weighted by molar-refractivity contribution is -0.118. The van der Waals surface area contributed by atoms with Crippen molar-refractivity contribution < 1.29 is 14.3 Å². The summed E-state index contributed by atoms with van der Waals surface area (Å²) in [5.74, 6) is 0.454. The van der Waals surface area contributed by atoms with Crippen LogP contribution in [-0.4, -0.2) is 30.9 Å². The Morgan fingerprint density at radius 1 is 1.19 bits per heavy atom. The summed E-state index contributed by atoms with van der Waals surface area (Å²) in [7, 11) is 1.62. The molecule has 1 aliphatic carbocycles. The van der Waals surface area contributed by atoms with Gasteiger partial charge in [-0.05, 0) is 79.1 Å². The first-order chi connectivity index (χ1) is 17.6. The van der Waals surface area contributed by atoms with E-state index < -0.39 is 5.92 Å². The zero-order valence-corrected chi connectivity index (χ0v) is 24.8. The number of ether oxygens (including phenoxy) is 2. The molecule has 1 atom stereocenters. The molecule has 0 aromatic heterocycles. The van der Waals surface area contributed by atoms with Gasteiger partial charge in [0, 0.05) is 36.4 Å². The highest BCUT2D eigenvalue weighted by atomic mass is 79.9. The van der Waals surface area contributed by atoms with Gasteiger partial charge in [-0.3, -0.25) is 4.79 Å². The Kier molecular flexibility index (Phi) is 8.39. The summed E-state index contributed by atoms with van der Waals surface area (Å²) >= 11 is 13.3. The molecule has 0 bridgehead atoms. The van der Waals surface area contributed by atoms with E-state index in [2.05, 4.69) is 51.8 Å². The minimum Gasteiger partial charge on any atom is -0.487 e. The number of nitriles is 1. The highest BCUT2D eigenvalue weighted by Gasteiger charge is 2.44. The molecule has 2 N–H and O–H groups in total. The van der Waals surface area contributed by atoms with E-state index in [0.29, 0.717) is 69.3 Å². The Hall–Kier alpha value is -2.31. The van der Waals surface area contributed by atoms with Crippen molar-refractivity contribution in [2.45, 2.75) is 39.2 Å². The van der Waals surface area contributed by atoms with Crippen molar-refractivity contribution >= 4 is 49.2 Å². The molecule has 0 saturated heterocycles. The fourth-order valence-electron chi connectivity index (χ4n) is 4.97. The van der Waals surface area contributed by atoms with Crippen molar-refractivity contribution in [1.29, 1.82) is 5.26 Å². The molecule has 1 heterocycles. The molecule has 6 nitrogen and oxygen atoms in total. The van der Waals surface area contributed by atoms with E-state index in [1.165, 1.54) is 0 Å². The Labute approximate surface area is 239 Å². The van der Waals surface area contributed by atoms with E-state index >= 15 is 0 Å². The number of halogens is 3. The van der Waals surface area contributed by atoms with E-state index in [9.17, 15) is 10.1 Å². The van der Waals surface area contributed by atoms with E-state index in [1.807, 2.05) is 41.3 Å². The van der Waals surface area contributed by atoms with Crippen LogP contribution in [0.4, 0.5) is 0 Å². The van der Waals surface area contributed by atoms with Crippen LogP contribution in [-0.2, 0) is 16.1 Å². The van der Waals surface area contributed by atoms with E-state index in [4.69, 9.17) is 26.8 Å². The summed E-state index contributed by atoms with van der Waals surface area (Å²) in [4.78, 5) is 15.5. The molecule has 194 valence electrons. The van der Waals surface area contributed by atoms with Crippen LogP contribution in [0.25, 0.3) is 0 Å². The Morgan fingerprint density at radius 2 is 1.84 bits per heavy atom. The molecule has 9 heteroatoms. The lowest BCUT2D eigenvalue weighted by atomic mass is 9.68. The van der Waals surface area contributed by atoms with Crippen molar-refractivity contribution in [3.8, 4) is 11.8 Å². The van der Waals surface area contributed by atoms with Crippen molar-refractivity contribution in [1.82, 2.24) is 4.90 Å². The molecule has 0 saturated carbocycles. The van der Waals surface area contributed by atoms with E-state index in [-0.39, 0.29) is 11.2 Å². The summed E-state index contributed by atoms with van der Waals surface area (Å²) < 4.78 is 12.8. The second-order valence-electron chi connectivity index (χ2n) is 10.0. The first kappa shape index (κ1) is 27.7. The Morgan fingerprint density at radius 3 is 2.43 bits per heavy atom. The number of hydrogen-bond acceptors (Lipinski definition) is 6. The second-order valence-corrected chi connectivity index (χ2v) is 12.2. The van der Waals surface area contributed by atoms with Gasteiger partial charge in [-0.2, -0.15) is 5.26 Å². The zero-order chi connectivity index (χ0) is 26.9. The summed E-state index contributed by atoms with van der Waals surface area (Å²) in [5.41, 5.74) is 10.0. The number of nitrogens with zero attached hydrogens (tertiary/aromatic N) is 2. The molecule has 4 rings (SSSR count). The van der Waals surface area contributed by atoms with Gasteiger partial charge in [-0.15, -0.1) is 0 Å². The maximum Gasteiger partial charge on any atom is 0.162 e. The van der Waals surface area contributed by atoms with Crippen molar-refractivity contribution in [3.63, 3.8) is 0 Å². The predicted molar refractivity (Wildman–Crippen MR) is 151 cm³/mol. The van der Waals surface area contributed by atoms with Crippen LogP contribution in [0.1, 0.15) is 43.7 Å². The third kappa shape index (κ3) is 5.75. The summed E-state index contributed by atoms with van der Waals surface area (Å²) in [6.45, 7) is 5.40. The van der Waals surface area contributed by atoms with Crippen LogP contribution in [0.15, 0.2) is 68.0 Å². The van der Waals surface area contributed by atoms with Crippen LogP contribution in [0, 0.1) is 16.7 Å². The number of carbonyl (C=O) groups is 1. The fraction of sp³-hybridized carbons (Fsp3) is 0.357. The number of hydrogen-bond donors (Lipinski definition) is 1. The molecule has 0 radical (unpaired) electrons. The van der Waals surface area contributed by atoms with Gasteiger partial charge in [0.1, 0.15) is 18.2 Å². The number of carbonyl (C=O) groups excluding carboxylic acids is 1. The summed E-state index contributed by atoms with van der Waals surface area (Å²) in [5, 5.41) is 10.9. The van der Waals surface area contributed by atoms with Crippen LogP contribution >= 0.6 is 43.5 Å². The zero-order valence-electron chi connectivity index (χ0n) is 20.9. The Balaban J connectivity index is 1.76. The second kappa shape index (κ2) is 11.2. The number of ketones is 1. The van der Waals surface area contributed by atoms with Gasteiger partial charge >= 0.3 is 0 Å². The number of benzene rings is 2. The number of rotatable bonds is 7. The molecule has 37 heavy (non-hydrogen) atoms. The Bertz CT molecular complexity index is 1310. The van der Waals surface area contributed by atoms with Crippen LogP contribution < -0.4 is 10.5 Å². The van der Waals surface area contributed by atoms with Crippen LogP contribution in [0.5, 0.6) is 5.75 Å². The molecule has 0 amide bonds. The van der Waals surface area contributed by atoms with Gasteiger partial charge in [0.05, 0.1) is 33.1 Å². The summed E-state index contributed by atoms with van der Waals surface area (Å²) in [6, 6.07) is 13.6. The fourth-order valence-corrected chi connectivity index (χ4v) is 6.54. The van der Waals surface area contributed by atoms with Gasteiger partial charge in [-0.1, -0.05) is 37.6 Å². The van der Waals surface area contributed by atoms with Gasteiger partial charge in [0.2, 0.25) is 0 Å². The minimum atomic E-state index is -0.569. The van der Waals surface area contributed by atoms with Gasteiger partial charge in [-0.25, -0.2) is 0 Å². The largest absolute Gasteiger partial charge is 0.487 e. The molecule has 2 aliphatic rings. The molecule has 1 aliphatic heterocycles. The summed E-state index contributed by atoms with van der Waals surface area (Å²) in [6.07, 6.45) is 1.09. The van der Waals surface area contributed by atoms with Gasteiger partial charge in [0.15, 0.2) is 5.78 Å². The van der Waals surface area contributed by atoms with Crippen LogP contribution in [0.3, 0.4) is 0 Å². The third-order valence-corrected chi connectivity index (χ3v) is 8.09. The third-order valence-electron chi connectivity index (χ3n) is 6.66. The first-order valence-electron chi connectivity index (χ1n) is 11.8. The topological polar surface area (TPSA) is 88.6 Å². The lowest BCUT2D eigenvalue weighted by Crippen LogP contribution is -2.43. The first-order valence-corrected chi connectivity index (χ1v) is 13.8. The number of Topliss-reactive ketones (excluding diaryl/α,β-unsaturated/α-hetero) is 1. The predicted octanol–water partition coefficient (Wildman–Crippen LogP) is 6.83. The maximum atomic E-state index is 13.6. The highest BCUT2D eigenvalue weighted by molar-refractivity contribution is 9.11. The maximum absolute atomic E-state index is 13.6. The lowest BCUT2D eigenvalue weighted by Gasteiger charge is -2.43. The molecule has 0 unspecified atom stereocenters. The SMILES string of the molecule is COCCN1C(N)=C(C#N)[C@H](c2cc(Br)c(OCc3ccc(Cl)cc3)c(Br)c2)C2=C1CC(C)(C)CC2=O. The van der Waals surface area contributed by atoms with Crippen LogP contribution in [0.2, 0.25) is 5.02 Å². The standard InChI is InChI=1S/C28H28Br2ClN3O3/c1-28(2)12-22-25(23(35)13-28)24(19(14-32)27(33)34(22)8-9-36-3)17-10-20(29)26(21(30)11-17)37-15-16-4-6-18(31)7-5-16/h4-7,10-11,24H,8-9,12-13,15,33H2,1-3H3/t24-/m0/s1. The molecule has 0 fully saturated rings. The monoisotopic (exact) mass is 647 g/mol. The van der Waals surface area contributed by atoms with Crippen molar-refractivity contribution in [2.24, 2.45) is 11.1 Å². The molecule has 2 aromatic rings. The van der Waals surface area contributed by atoms with E-state index in [1.54, 1.807) is 7.11 Å². The molecule has 0 spiro atoms. The minimum absolute atomic E-state index is 0.0363. The van der Waals surface area contributed by atoms with E-state index in [0.717, 1.165) is 16.8 Å². The molecular weight excluding hydrogens is 622 g/mol. The number of allylic oxidation sites excluding steroid dienone is 3. The average molecular weight is 650 g/mol. The average Bonchev–Trinajstić information content (AvgIpc) is 2.82.